The maximum atomic E-state index is 12.0. The van der Waals surface area contributed by atoms with Crippen molar-refractivity contribution in [2.45, 2.75) is 31.8 Å². The Morgan fingerprint density at radius 3 is 2.95 bits per heavy atom. The molecule has 2 rings (SSSR count). The molecule has 1 unspecified atom stereocenters. The van der Waals surface area contributed by atoms with Crippen molar-refractivity contribution in [1.29, 1.82) is 0 Å². The number of halogens is 2. The van der Waals surface area contributed by atoms with E-state index >= 15 is 0 Å². The second-order valence-electron chi connectivity index (χ2n) is 5.16. The molecule has 1 aliphatic rings. The SMILES string of the molecule is O=C(CCCOc1ccc(Cl)cc1Cl)N1CCCC(O)C1. The van der Waals surface area contributed by atoms with Crippen LogP contribution in [0.2, 0.25) is 10.0 Å². The Labute approximate surface area is 134 Å². The van der Waals surface area contributed by atoms with E-state index in [1.165, 1.54) is 0 Å². The molecule has 0 radical (unpaired) electrons. The molecule has 0 saturated carbocycles. The van der Waals surface area contributed by atoms with Crippen LogP contribution in [0.3, 0.4) is 0 Å². The number of amides is 1. The topological polar surface area (TPSA) is 49.8 Å². The second kappa shape index (κ2) is 7.87. The maximum absolute atomic E-state index is 12.0. The van der Waals surface area contributed by atoms with Crippen LogP contribution in [0.1, 0.15) is 25.7 Å². The third kappa shape index (κ3) is 5.06. The zero-order valence-electron chi connectivity index (χ0n) is 11.7. The predicted octanol–water partition coefficient (Wildman–Crippen LogP) is 3.14. The Kier molecular flexibility index (Phi) is 6.15. The number of rotatable bonds is 5. The minimum atomic E-state index is -0.383. The molecule has 1 atom stereocenters. The molecule has 0 spiro atoms. The van der Waals surface area contributed by atoms with Crippen LogP contribution in [-0.2, 0) is 4.79 Å². The first-order chi connectivity index (χ1) is 10.1. The van der Waals surface area contributed by atoms with Crippen molar-refractivity contribution in [1.82, 2.24) is 4.90 Å². The number of carbonyl (C=O) groups is 1. The number of ether oxygens (including phenoxy) is 1. The molecule has 21 heavy (non-hydrogen) atoms. The first kappa shape index (κ1) is 16.4. The molecule has 1 N–H and O–H groups in total. The number of hydrogen-bond acceptors (Lipinski definition) is 3. The molecular formula is C15H19Cl2NO3. The van der Waals surface area contributed by atoms with Gasteiger partial charge in [0, 0.05) is 24.5 Å². The highest BCUT2D eigenvalue weighted by Crippen LogP contribution is 2.27. The fourth-order valence-corrected chi connectivity index (χ4v) is 2.80. The number of carbonyl (C=O) groups excluding carboxylic acids is 1. The lowest BCUT2D eigenvalue weighted by atomic mass is 10.1. The molecule has 1 aromatic rings. The molecule has 1 amide bonds. The second-order valence-corrected chi connectivity index (χ2v) is 6.01. The summed E-state index contributed by atoms with van der Waals surface area (Å²) in [5, 5.41) is 10.6. The number of nitrogens with zero attached hydrogens (tertiary/aromatic N) is 1. The average Bonchev–Trinajstić information content (AvgIpc) is 2.45. The fourth-order valence-electron chi connectivity index (χ4n) is 2.34. The quantitative estimate of drug-likeness (QED) is 0.843. The monoisotopic (exact) mass is 331 g/mol. The Morgan fingerprint density at radius 1 is 1.43 bits per heavy atom. The maximum Gasteiger partial charge on any atom is 0.222 e. The van der Waals surface area contributed by atoms with E-state index in [0.717, 1.165) is 19.4 Å². The number of aliphatic hydroxyl groups excluding tert-OH is 1. The Balaban J connectivity index is 1.70. The van der Waals surface area contributed by atoms with E-state index in [-0.39, 0.29) is 12.0 Å². The van der Waals surface area contributed by atoms with Crippen LogP contribution < -0.4 is 4.74 Å². The molecule has 116 valence electrons. The van der Waals surface area contributed by atoms with Crippen LogP contribution in [0.15, 0.2) is 18.2 Å². The molecule has 1 aliphatic heterocycles. The number of aliphatic hydroxyl groups is 1. The van der Waals surface area contributed by atoms with Crippen molar-refractivity contribution in [2.75, 3.05) is 19.7 Å². The number of benzene rings is 1. The van der Waals surface area contributed by atoms with Crippen LogP contribution in [0, 0.1) is 0 Å². The number of hydrogen-bond donors (Lipinski definition) is 1. The van der Waals surface area contributed by atoms with Gasteiger partial charge in [0.05, 0.1) is 17.7 Å². The van der Waals surface area contributed by atoms with Gasteiger partial charge < -0.3 is 14.7 Å². The zero-order chi connectivity index (χ0) is 15.2. The van der Waals surface area contributed by atoms with Gasteiger partial charge in [-0.2, -0.15) is 0 Å². The van der Waals surface area contributed by atoms with Crippen molar-refractivity contribution < 1.29 is 14.6 Å². The van der Waals surface area contributed by atoms with Crippen molar-refractivity contribution in [3.8, 4) is 5.75 Å². The summed E-state index contributed by atoms with van der Waals surface area (Å²) in [6.07, 6.45) is 2.29. The molecule has 1 fully saturated rings. The Hall–Kier alpha value is -0.970. The summed E-state index contributed by atoms with van der Waals surface area (Å²) in [7, 11) is 0. The van der Waals surface area contributed by atoms with Crippen molar-refractivity contribution in [3.05, 3.63) is 28.2 Å². The van der Waals surface area contributed by atoms with Crippen molar-refractivity contribution in [2.24, 2.45) is 0 Å². The molecule has 1 heterocycles. The van der Waals surface area contributed by atoms with Crippen LogP contribution in [0.25, 0.3) is 0 Å². The van der Waals surface area contributed by atoms with Crippen LogP contribution in [0.5, 0.6) is 5.75 Å². The van der Waals surface area contributed by atoms with Gasteiger partial charge in [0.1, 0.15) is 5.75 Å². The fraction of sp³-hybridized carbons (Fsp3) is 0.533. The lowest BCUT2D eigenvalue weighted by Gasteiger charge is -2.30. The third-order valence-electron chi connectivity index (χ3n) is 3.44. The van der Waals surface area contributed by atoms with Gasteiger partial charge in [-0.1, -0.05) is 23.2 Å². The molecule has 1 aromatic carbocycles. The third-order valence-corrected chi connectivity index (χ3v) is 3.97. The Bertz CT molecular complexity index is 496. The van der Waals surface area contributed by atoms with Gasteiger partial charge in [-0.05, 0) is 37.5 Å². The van der Waals surface area contributed by atoms with Gasteiger partial charge in [0.2, 0.25) is 5.91 Å². The van der Waals surface area contributed by atoms with Gasteiger partial charge in [-0.3, -0.25) is 4.79 Å². The van der Waals surface area contributed by atoms with E-state index in [1.54, 1.807) is 23.1 Å². The van der Waals surface area contributed by atoms with E-state index in [2.05, 4.69) is 0 Å². The highest BCUT2D eigenvalue weighted by Gasteiger charge is 2.21. The Morgan fingerprint density at radius 2 is 2.24 bits per heavy atom. The highest BCUT2D eigenvalue weighted by atomic mass is 35.5. The molecule has 0 aromatic heterocycles. The van der Waals surface area contributed by atoms with E-state index < -0.39 is 0 Å². The zero-order valence-corrected chi connectivity index (χ0v) is 13.2. The lowest BCUT2D eigenvalue weighted by molar-refractivity contribution is -0.134. The number of β-amino-alcohol motifs (C(OH)–C–C–N with tert-alkyl or cyclic N) is 1. The van der Waals surface area contributed by atoms with Crippen LogP contribution in [0.4, 0.5) is 0 Å². The minimum Gasteiger partial charge on any atom is -0.492 e. The molecule has 4 nitrogen and oxygen atoms in total. The normalized spacial score (nSPS) is 18.6. The number of piperidine rings is 1. The van der Waals surface area contributed by atoms with Gasteiger partial charge in [-0.25, -0.2) is 0 Å². The largest absolute Gasteiger partial charge is 0.492 e. The smallest absolute Gasteiger partial charge is 0.222 e. The van der Waals surface area contributed by atoms with E-state index in [4.69, 9.17) is 27.9 Å². The van der Waals surface area contributed by atoms with Crippen LogP contribution >= 0.6 is 23.2 Å². The highest BCUT2D eigenvalue weighted by molar-refractivity contribution is 6.35. The summed E-state index contributed by atoms with van der Waals surface area (Å²) in [4.78, 5) is 13.7. The standard InChI is InChI=1S/C15H19Cl2NO3/c16-11-5-6-14(13(17)9-11)21-8-2-4-15(20)18-7-1-3-12(19)10-18/h5-6,9,12,19H,1-4,7-8,10H2. The summed E-state index contributed by atoms with van der Waals surface area (Å²) in [5.41, 5.74) is 0. The van der Waals surface area contributed by atoms with Crippen molar-refractivity contribution in [3.63, 3.8) is 0 Å². The van der Waals surface area contributed by atoms with Gasteiger partial charge >= 0.3 is 0 Å². The van der Waals surface area contributed by atoms with Crippen LogP contribution in [-0.4, -0.2) is 41.7 Å². The lowest BCUT2D eigenvalue weighted by Crippen LogP contribution is -2.42. The van der Waals surface area contributed by atoms with E-state index in [1.807, 2.05) is 0 Å². The van der Waals surface area contributed by atoms with Gasteiger partial charge in [0.25, 0.3) is 0 Å². The molecule has 0 aliphatic carbocycles. The first-order valence-electron chi connectivity index (χ1n) is 7.10. The molecule has 1 saturated heterocycles. The first-order valence-corrected chi connectivity index (χ1v) is 7.85. The summed E-state index contributed by atoms with van der Waals surface area (Å²) in [6, 6.07) is 5.05. The minimum absolute atomic E-state index is 0.0690. The molecule has 6 heteroatoms. The number of likely N-dealkylation sites (tertiary alicyclic amines) is 1. The summed E-state index contributed by atoms with van der Waals surface area (Å²) >= 11 is 11.8. The summed E-state index contributed by atoms with van der Waals surface area (Å²) in [5.74, 6) is 0.640. The van der Waals surface area contributed by atoms with Gasteiger partial charge in [-0.15, -0.1) is 0 Å². The average molecular weight is 332 g/mol. The van der Waals surface area contributed by atoms with E-state index in [9.17, 15) is 9.90 Å². The summed E-state index contributed by atoms with van der Waals surface area (Å²) in [6.45, 7) is 1.60. The molecule has 0 bridgehead atoms. The predicted molar refractivity (Wildman–Crippen MR) is 83.0 cm³/mol. The summed E-state index contributed by atoms with van der Waals surface area (Å²) < 4.78 is 5.54. The molecular weight excluding hydrogens is 313 g/mol. The van der Waals surface area contributed by atoms with Gasteiger partial charge in [0.15, 0.2) is 0 Å². The van der Waals surface area contributed by atoms with E-state index in [0.29, 0.717) is 41.8 Å². The van der Waals surface area contributed by atoms with Crippen molar-refractivity contribution >= 4 is 29.1 Å².